The Kier molecular flexibility index (Phi) is 5.23. The van der Waals surface area contributed by atoms with Crippen molar-refractivity contribution < 1.29 is 27.2 Å². The third-order valence-corrected chi connectivity index (χ3v) is 4.67. The molecule has 1 aliphatic heterocycles. The highest BCUT2D eigenvalue weighted by Gasteiger charge is 2.38. The topological polar surface area (TPSA) is 49.4 Å². The number of rotatable bonds is 3. The van der Waals surface area contributed by atoms with Crippen LogP contribution in [0.15, 0.2) is 46.9 Å². The van der Waals surface area contributed by atoms with Crippen LogP contribution in [0, 0.1) is 11.7 Å². The average Bonchev–Trinajstić information content (AvgIpc) is 2.98. The third kappa shape index (κ3) is 4.29. The van der Waals surface area contributed by atoms with Crippen LogP contribution in [0.3, 0.4) is 0 Å². The molecule has 2 amide bonds. The van der Waals surface area contributed by atoms with Gasteiger partial charge in [0.2, 0.25) is 11.8 Å². The van der Waals surface area contributed by atoms with Crippen LogP contribution in [0.25, 0.3) is 0 Å². The Hall–Kier alpha value is -2.42. The number of amides is 2. The molecule has 1 N–H and O–H groups in total. The van der Waals surface area contributed by atoms with Crippen LogP contribution in [0.4, 0.5) is 28.9 Å². The molecule has 0 saturated carbocycles. The first-order valence-electron chi connectivity index (χ1n) is 7.88. The molecule has 1 saturated heterocycles. The molecule has 1 fully saturated rings. The maximum absolute atomic E-state index is 13.2. The van der Waals surface area contributed by atoms with Crippen LogP contribution in [0.5, 0.6) is 0 Å². The Morgan fingerprint density at radius 1 is 1.15 bits per heavy atom. The first kappa shape index (κ1) is 19.3. The second-order valence-corrected chi connectivity index (χ2v) is 6.97. The number of carbonyl (C=O) groups excluding carboxylic acids is 2. The van der Waals surface area contributed by atoms with Crippen molar-refractivity contribution in [2.75, 3.05) is 16.8 Å². The maximum Gasteiger partial charge on any atom is 0.418 e. The molecule has 0 radical (unpaired) electrons. The van der Waals surface area contributed by atoms with Gasteiger partial charge in [-0.25, -0.2) is 4.39 Å². The van der Waals surface area contributed by atoms with E-state index in [2.05, 4.69) is 21.2 Å². The molecule has 0 bridgehead atoms. The lowest BCUT2D eigenvalue weighted by molar-refractivity contribution is -0.137. The first-order valence-corrected chi connectivity index (χ1v) is 8.68. The molecule has 0 aliphatic carbocycles. The second kappa shape index (κ2) is 7.30. The molecule has 0 aromatic heterocycles. The van der Waals surface area contributed by atoms with Crippen molar-refractivity contribution in [2.24, 2.45) is 5.92 Å². The minimum absolute atomic E-state index is 0.00811. The van der Waals surface area contributed by atoms with Crippen molar-refractivity contribution >= 4 is 39.1 Å². The fourth-order valence-electron chi connectivity index (χ4n) is 2.85. The van der Waals surface area contributed by atoms with Crippen molar-refractivity contribution in [2.45, 2.75) is 12.6 Å². The predicted octanol–water partition coefficient (Wildman–Crippen LogP) is 4.60. The summed E-state index contributed by atoms with van der Waals surface area (Å²) >= 11 is 2.98. The van der Waals surface area contributed by atoms with Crippen LogP contribution < -0.4 is 10.2 Å². The summed E-state index contributed by atoms with van der Waals surface area (Å²) in [4.78, 5) is 25.9. The number of nitrogens with one attached hydrogen (secondary N) is 1. The van der Waals surface area contributed by atoms with Gasteiger partial charge in [0.05, 0.1) is 17.2 Å². The van der Waals surface area contributed by atoms with Crippen LogP contribution in [0.2, 0.25) is 0 Å². The minimum atomic E-state index is -4.64. The molecule has 0 spiro atoms. The number of halogens is 5. The van der Waals surface area contributed by atoms with E-state index in [4.69, 9.17) is 0 Å². The summed E-state index contributed by atoms with van der Waals surface area (Å²) in [6.07, 6.45) is -4.78. The van der Waals surface area contributed by atoms with Crippen LogP contribution in [0.1, 0.15) is 12.0 Å². The summed E-state index contributed by atoms with van der Waals surface area (Å²) < 4.78 is 52.8. The molecule has 9 heteroatoms. The summed E-state index contributed by atoms with van der Waals surface area (Å²) in [6.45, 7) is 0.00811. The number of benzene rings is 2. The van der Waals surface area contributed by atoms with E-state index >= 15 is 0 Å². The van der Waals surface area contributed by atoms with Gasteiger partial charge in [0.1, 0.15) is 5.82 Å². The van der Waals surface area contributed by atoms with Crippen molar-refractivity contribution in [3.8, 4) is 0 Å². The third-order valence-electron chi connectivity index (χ3n) is 4.18. The molecular formula is C18H13BrF4N2O2. The smallest absolute Gasteiger partial charge is 0.325 e. The molecule has 0 unspecified atom stereocenters. The summed E-state index contributed by atoms with van der Waals surface area (Å²) in [5, 5.41) is 2.27. The van der Waals surface area contributed by atoms with Crippen molar-refractivity contribution in [1.29, 1.82) is 0 Å². The monoisotopic (exact) mass is 444 g/mol. The Labute approximate surface area is 160 Å². The number of anilines is 2. The van der Waals surface area contributed by atoms with E-state index < -0.39 is 29.4 Å². The van der Waals surface area contributed by atoms with E-state index in [1.165, 1.54) is 35.2 Å². The van der Waals surface area contributed by atoms with Gasteiger partial charge < -0.3 is 10.2 Å². The molecule has 2 aromatic carbocycles. The molecule has 27 heavy (non-hydrogen) atoms. The lowest BCUT2D eigenvalue weighted by Gasteiger charge is -2.18. The molecular weight excluding hydrogens is 432 g/mol. The van der Waals surface area contributed by atoms with E-state index in [1.807, 2.05) is 0 Å². The predicted molar refractivity (Wildman–Crippen MR) is 94.6 cm³/mol. The van der Waals surface area contributed by atoms with Gasteiger partial charge in [0.15, 0.2) is 0 Å². The summed E-state index contributed by atoms with van der Waals surface area (Å²) in [5.41, 5.74) is -0.926. The highest BCUT2D eigenvalue weighted by Crippen LogP contribution is 2.37. The molecule has 3 rings (SSSR count). The van der Waals surface area contributed by atoms with E-state index in [0.717, 1.165) is 12.1 Å². The molecule has 1 heterocycles. The zero-order valence-corrected chi connectivity index (χ0v) is 15.3. The van der Waals surface area contributed by atoms with Crippen LogP contribution in [-0.2, 0) is 15.8 Å². The lowest BCUT2D eigenvalue weighted by atomic mass is 10.1. The van der Waals surface area contributed by atoms with E-state index in [-0.39, 0.29) is 29.0 Å². The van der Waals surface area contributed by atoms with Gasteiger partial charge in [-0.2, -0.15) is 13.2 Å². The van der Waals surface area contributed by atoms with Gasteiger partial charge in [0, 0.05) is 23.1 Å². The molecule has 1 aliphatic rings. The van der Waals surface area contributed by atoms with Gasteiger partial charge in [-0.3, -0.25) is 9.59 Å². The van der Waals surface area contributed by atoms with Gasteiger partial charge in [-0.05, 0) is 42.5 Å². The Morgan fingerprint density at radius 3 is 2.44 bits per heavy atom. The zero-order chi connectivity index (χ0) is 19.8. The number of hydrogen-bond donors (Lipinski definition) is 1. The molecule has 2 aromatic rings. The SMILES string of the molecule is O=C(Nc1ccc(Br)cc1C(F)(F)F)[C@@H]1CC(=O)N(c2ccc(F)cc2)C1. The lowest BCUT2D eigenvalue weighted by Crippen LogP contribution is -2.28. The number of hydrogen-bond acceptors (Lipinski definition) is 2. The number of nitrogens with zero attached hydrogens (tertiary/aromatic N) is 1. The maximum atomic E-state index is 13.2. The summed E-state index contributed by atoms with van der Waals surface area (Å²) in [6, 6.07) is 8.60. The fourth-order valence-corrected chi connectivity index (χ4v) is 3.21. The zero-order valence-electron chi connectivity index (χ0n) is 13.7. The minimum Gasteiger partial charge on any atom is -0.325 e. The van der Waals surface area contributed by atoms with Crippen LogP contribution in [-0.4, -0.2) is 18.4 Å². The number of alkyl halides is 3. The van der Waals surface area contributed by atoms with Gasteiger partial charge >= 0.3 is 6.18 Å². The second-order valence-electron chi connectivity index (χ2n) is 6.06. The van der Waals surface area contributed by atoms with Crippen molar-refractivity contribution in [3.63, 3.8) is 0 Å². The van der Waals surface area contributed by atoms with Crippen molar-refractivity contribution in [3.05, 3.63) is 58.3 Å². The highest BCUT2D eigenvalue weighted by atomic mass is 79.9. The highest BCUT2D eigenvalue weighted by molar-refractivity contribution is 9.10. The first-order chi connectivity index (χ1) is 12.6. The normalized spacial score (nSPS) is 17.3. The Morgan fingerprint density at radius 2 is 1.81 bits per heavy atom. The standard InChI is InChI=1S/C18H13BrF4N2O2/c19-11-1-6-15(14(8-11)18(21,22)23)24-17(27)10-7-16(26)25(9-10)13-4-2-12(20)3-5-13/h1-6,8,10H,7,9H2,(H,24,27)/t10-/m1/s1. The van der Waals surface area contributed by atoms with Gasteiger partial charge in [-0.15, -0.1) is 0 Å². The van der Waals surface area contributed by atoms with Crippen molar-refractivity contribution in [1.82, 2.24) is 0 Å². The molecule has 1 atom stereocenters. The van der Waals surface area contributed by atoms with E-state index in [9.17, 15) is 27.2 Å². The van der Waals surface area contributed by atoms with E-state index in [1.54, 1.807) is 0 Å². The Balaban J connectivity index is 1.76. The fraction of sp³-hybridized carbons (Fsp3) is 0.222. The quantitative estimate of drug-likeness (QED) is 0.703. The van der Waals surface area contributed by atoms with E-state index in [0.29, 0.717) is 5.69 Å². The van der Waals surface area contributed by atoms with Gasteiger partial charge in [-0.1, -0.05) is 15.9 Å². The molecule has 4 nitrogen and oxygen atoms in total. The average molecular weight is 445 g/mol. The van der Waals surface area contributed by atoms with Gasteiger partial charge in [0.25, 0.3) is 0 Å². The summed E-state index contributed by atoms with van der Waals surface area (Å²) in [7, 11) is 0. The largest absolute Gasteiger partial charge is 0.418 e. The Bertz CT molecular complexity index is 884. The molecule has 142 valence electrons. The van der Waals surface area contributed by atoms with Crippen LogP contribution >= 0.6 is 15.9 Å². The number of carbonyl (C=O) groups is 2. The summed E-state index contributed by atoms with van der Waals surface area (Å²) in [5.74, 6) is -2.31.